The third kappa shape index (κ3) is 4.00. The van der Waals surface area contributed by atoms with Gasteiger partial charge in [-0.25, -0.2) is 8.42 Å². The lowest BCUT2D eigenvalue weighted by Gasteiger charge is -2.10. The van der Waals surface area contributed by atoms with Crippen LogP contribution in [0.5, 0.6) is 0 Å². The first kappa shape index (κ1) is 14.5. The number of rotatable bonds is 6. The molecule has 0 saturated heterocycles. The molecule has 1 unspecified atom stereocenters. The maximum absolute atomic E-state index is 11.9. The molecular formula is C13H19ClO2S. The summed E-state index contributed by atoms with van der Waals surface area (Å²) in [6, 6.07) is 7.21. The number of alkyl halides is 1. The van der Waals surface area contributed by atoms with E-state index < -0.39 is 9.84 Å². The van der Waals surface area contributed by atoms with Crippen LogP contribution in [0.4, 0.5) is 0 Å². The summed E-state index contributed by atoms with van der Waals surface area (Å²) in [5.74, 6) is 0.971. The fourth-order valence-corrected chi connectivity index (χ4v) is 3.20. The standard InChI is InChI=1S/C13H19ClO2S/c1-3-11(2)12-5-7-13(8-6-12)17(15,16)10-4-9-14/h5-8,11H,3-4,9-10H2,1-2H3. The summed E-state index contributed by atoms with van der Waals surface area (Å²) in [7, 11) is -3.16. The van der Waals surface area contributed by atoms with Crippen molar-refractivity contribution in [1.29, 1.82) is 0 Å². The summed E-state index contributed by atoms with van der Waals surface area (Å²) in [6.45, 7) is 4.26. The zero-order valence-corrected chi connectivity index (χ0v) is 11.9. The van der Waals surface area contributed by atoms with Crippen LogP contribution in [0.2, 0.25) is 0 Å². The van der Waals surface area contributed by atoms with Crippen molar-refractivity contribution in [2.24, 2.45) is 0 Å². The third-order valence-corrected chi connectivity index (χ3v) is 5.05. The van der Waals surface area contributed by atoms with Crippen molar-refractivity contribution in [1.82, 2.24) is 0 Å². The van der Waals surface area contributed by atoms with Crippen LogP contribution in [0, 0.1) is 0 Å². The van der Waals surface area contributed by atoms with Crippen molar-refractivity contribution in [2.75, 3.05) is 11.6 Å². The fourth-order valence-electron chi connectivity index (χ4n) is 1.60. The summed E-state index contributed by atoms with van der Waals surface area (Å²) in [4.78, 5) is 0.398. The summed E-state index contributed by atoms with van der Waals surface area (Å²) < 4.78 is 23.8. The third-order valence-electron chi connectivity index (χ3n) is 2.97. The van der Waals surface area contributed by atoms with Crippen molar-refractivity contribution >= 4 is 21.4 Å². The highest BCUT2D eigenvalue weighted by Crippen LogP contribution is 2.21. The van der Waals surface area contributed by atoms with E-state index in [4.69, 9.17) is 11.6 Å². The molecule has 1 atom stereocenters. The van der Waals surface area contributed by atoms with Crippen LogP contribution >= 0.6 is 11.6 Å². The Labute approximate surface area is 109 Å². The second kappa shape index (κ2) is 6.41. The minimum absolute atomic E-state index is 0.124. The highest BCUT2D eigenvalue weighted by Gasteiger charge is 2.14. The molecule has 1 aromatic rings. The van der Waals surface area contributed by atoms with Gasteiger partial charge in [-0.15, -0.1) is 11.6 Å². The predicted octanol–water partition coefficient (Wildman–Crippen LogP) is 3.60. The Kier molecular flexibility index (Phi) is 5.47. The minimum atomic E-state index is -3.16. The first-order chi connectivity index (χ1) is 8.01. The molecule has 0 bridgehead atoms. The van der Waals surface area contributed by atoms with E-state index in [-0.39, 0.29) is 5.75 Å². The van der Waals surface area contributed by atoms with Gasteiger partial charge in [0.15, 0.2) is 9.84 Å². The van der Waals surface area contributed by atoms with Crippen LogP contribution < -0.4 is 0 Å². The molecule has 4 heteroatoms. The molecule has 0 radical (unpaired) electrons. The summed E-state index contributed by atoms with van der Waals surface area (Å²) in [5.41, 5.74) is 1.18. The Hall–Kier alpha value is -0.540. The Balaban J connectivity index is 2.87. The number of benzene rings is 1. The van der Waals surface area contributed by atoms with Crippen molar-refractivity contribution < 1.29 is 8.42 Å². The Morgan fingerprint density at radius 2 is 1.82 bits per heavy atom. The Bertz CT molecular complexity index is 437. The van der Waals surface area contributed by atoms with Crippen molar-refractivity contribution in [3.05, 3.63) is 29.8 Å². The summed E-state index contributed by atoms with van der Waals surface area (Å²) in [5, 5.41) is 0. The van der Waals surface area contributed by atoms with E-state index in [2.05, 4.69) is 13.8 Å². The molecule has 0 fully saturated rings. The highest BCUT2D eigenvalue weighted by atomic mass is 35.5. The lowest BCUT2D eigenvalue weighted by atomic mass is 9.99. The van der Waals surface area contributed by atoms with Gasteiger partial charge in [-0.2, -0.15) is 0 Å². The molecule has 0 heterocycles. The molecule has 0 aliphatic rings. The normalized spacial score (nSPS) is 13.6. The van der Waals surface area contributed by atoms with E-state index in [1.807, 2.05) is 12.1 Å². The quantitative estimate of drug-likeness (QED) is 0.743. The van der Waals surface area contributed by atoms with E-state index in [0.29, 0.717) is 23.1 Å². The molecule has 17 heavy (non-hydrogen) atoms. The number of halogens is 1. The van der Waals surface area contributed by atoms with Crippen molar-refractivity contribution in [3.8, 4) is 0 Å². The SMILES string of the molecule is CCC(C)c1ccc(S(=O)(=O)CCCCl)cc1. The van der Waals surface area contributed by atoms with Gasteiger partial charge in [-0.1, -0.05) is 26.0 Å². The molecule has 1 rings (SSSR count). The number of sulfone groups is 1. The lowest BCUT2D eigenvalue weighted by molar-refractivity contribution is 0.594. The van der Waals surface area contributed by atoms with Crippen LogP contribution in [-0.4, -0.2) is 20.1 Å². The summed E-state index contributed by atoms with van der Waals surface area (Å²) >= 11 is 5.52. The molecule has 0 saturated carbocycles. The predicted molar refractivity (Wildman–Crippen MR) is 72.5 cm³/mol. The first-order valence-corrected chi connectivity index (χ1v) is 8.08. The van der Waals surface area contributed by atoms with Gasteiger partial charge in [0, 0.05) is 5.88 Å². The molecule has 0 N–H and O–H groups in total. The molecule has 0 aromatic heterocycles. The van der Waals surface area contributed by atoms with E-state index in [1.54, 1.807) is 12.1 Å². The maximum Gasteiger partial charge on any atom is 0.178 e. The average molecular weight is 275 g/mol. The van der Waals surface area contributed by atoms with Gasteiger partial charge in [0.25, 0.3) is 0 Å². The molecule has 0 aliphatic carbocycles. The largest absolute Gasteiger partial charge is 0.224 e. The zero-order valence-electron chi connectivity index (χ0n) is 10.3. The van der Waals surface area contributed by atoms with Gasteiger partial charge in [-0.05, 0) is 36.5 Å². The van der Waals surface area contributed by atoms with Gasteiger partial charge < -0.3 is 0 Å². The van der Waals surface area contributed by atoms with Crippen molar-refractivity contribution in [3.63, 3.8) is 0 Å². The fraction of sp³-hybridized carbons (Fsp3) is 0.538. The second-order valence-electron chi connectivity index (χ2n) is 4.24. The monoisotopic (exact) mass is 274 g/mol. The topological polar surface area (TPSA) is 34.1 Å². The number of hydrogen-bond acceptors (Lipinski definition) is 2. The molecule has 0 amide bonds. The van der Waals surface area contributed by atoms with E-state index in [9.17, 15) is 8.42 Å². The van der Waals surface area contributed by atoms with Gasteiger partial charge in [0.05, 0.1) is 10.6 Å². The highest BCUT2D eigenvalue weighted by molar-refractivity contribution is 7.91. The first-order valence-electron chi connectivity index (χ1n) is 5.90. The molecule has 0 aliphatic heterocycles. The van der Waals surface area contributed by atoms with Crippen LogP contribution in [0.25, 0.3) is 0 Å². The second-order valence-corrected chi connectivity index (χ2v) is 6.73. The van der Waals surface area contributed by atoms with E-state index >= 15 is 0 Å². The number of hydrogen-bond donors (Lipinski definition) is 0. The van der Waals surface area contributed by atoms with Crippen molar-refractivity contribution in [2.45, 2.75) is 37.5 Å². The van der Waals surface area contributed by atoms with Gasteiger partial charge in [0.1, 0.15) is 0 Å². The van der Waals surface area contributed by atoms with Crippen LogP contribution in [0.1, 0.15) is 38.2 Å². The summed E-state index contributed by atoms with van der Waals surface area (Å²) in [6.07, 6.45) is 1.55. The maximum atomic E-state index is 11.9. The van der Waals surface area contributed by atoms with E-state index in [0.717, 1.165) is 6.42 Å². The Morgan fingerprint density at radius 3 is 2.29 bits per heavy atom. The van der Waals surface area contributed by atoms with Crippen LogP contribution in [0.3, 0.4) is 0 Å². The van der Waals surface area contributed by atoms with Gasteiger partial charge in [-0.3, -0.25) is 0 Å². The smallest absolute Gasteiger partial charge is 0.178 e. The molecule has 0 spiro atoms. The average Bonchev–Trinajstić information content (AvgIpc) is 2.35. The van der Waals surface area contributed by atoms with E-state index in [1.165, 1.54) is 5.56 Å². The Morgan fingerprint density at radius 1 is 1.24 bits per heavy atom. The lowest BCUT2D eigenvalue weighted by Crippen LogP contribution is -2.07. The minimum Gasteiger partial charge on any atom is -0.224 e. The molecule has 1 aromatic carbocycles. The van der Waals surface area contributed by atoms with Gasteiger partial charge >= 0.3 is 0 Å². The van der Waals surface area contributed by atoms with Crippen LogP contribution in [-0.2, 0) is 9.84 Å². The molecule has 96 valence electrons. The zero-order chi connectivity index (χ0) is 12.9. The van der Waals surface area contributed by atoms with Crippen LogP contribution in [0.15, 0.2) is 29.2 Å². The molecule has 2 nitrogen and oxygen atoms in total. The van der Waals surface area contributed by atoms with Gasteiger partial charge in [0.2, 0.25) is 0 Å². The molecular weight excluding hydrogens is 256 g/mol.